The number of benzene rings is 3. The zero-order valence-electron chi connectivity index (χ0n) is 10.6. The molecule has 0 atom stereocenters. The molecule has 0 heterocycles. The summed E-state index contributed by atoms with van der Waals surface area (Å²) in [6, 6.07) is 21.5. The highest BCUT2D eigenvalue weighted by Crippen LogP contribution is 2.33. The van der Waals surface area contributed by atoms with Gasteiger partial charge in [-0.15, -0.1) is 0 Å². The number of para-hydroxylation sites is 1. The third-order valence-corrected chi connectivity index (χ3v) is 3.64. The van der Waals surface area contributed by atoms with Crippen molar-refractivity contribution >= 4 is 27.4 Å². The van der Waals surface area contributed by atoms with Crippen molar-refractivity contribution in [1.29, 1.82) is 0 Å². The van der Waals surface area contributed by atoms with Crippen LogP contribution in [0.25, 0.3) is 21.9 Å². The molecule has 0 spiro atoms. The Hall–Kier alpha value is -2.33. The van der Waals surface area contributed by atoms with E-state index >= 15 is 0 Å². The molecule has 0 aliphatic rings. The van der Waals surface area contributed by atoms with Gasteiger partial charge in [-0.1, -0.05) is 60.7 Å². The molecule has 0 aliphatic carbocycles. The second kappa shape index (κ2) is 5.35. The van der Waals surface area contributed by atoms with Gasteiger partial charge in [0, 0.05) is 5.56 Å². The first-order valence-corrected chi connectivity index (χ1v) is 7.41. The normalized spacial score (nSPS) is 10.8. The summed E-state index contributed by atoms with van der Waals surface area (Å²) in [5.41, 5.74) is 2.49. The average molecular weight is 283 g/mol. The Morgan fingerprint density at radius 2 is 1.35 bits per heavy atom. The van der Waals surface area contributed by atoms with E-state index in [0.717, 1.165) is 21.9 Å². The van der Waals surface area contributed by atoms with Gasteiger partial charge in [-0.3, -0.25) is 4.72 Å². The molecule has 0 unspecified atom stereocenters. The van der Waals surface area contributed by atoms with Crippen LogP contribution in [0.2, 0.25) is 0 Å². The molecular formula is C16H13NO2S. The van der Waals surface area contributed by atoms with Crippen LogP contribution in [0.4, 0.5) is 5.69 Å². The fourth-order valence-electron chi connectivity index (χ4n) is 2.37. The van der Waals surface area contributed by atoms with E-state index in [4.69, 9.17) is 0 Å². The van der Waals surface area contributed by atoms with Crippen LogP contribution in [0.3, 0.4) is 0 Å². The van der Waals surface area contributed by atoms with Crippen LogP contribution in [-0.4, -0.2) is 8.42 Å². The van der Waals surface area contributed by atoms with Crippen molar-refractivity contribution in [2.24, 2.45) is 0 Å². The van der Waals surface area contributed by atoms with Crippen molar-refractivity contribution in [2.75, 3.05) is 4.72 Å². The van der Waals surface area contributed by atoms with Gasteiger partial charge in [0.1, 0.15) is 0 Å². The van der Waals surface area contributed by atoms with E-state index in [-0.39, 0.29) is 0 Å². The Balaban J connectivity index is 2.26. The highest BCUT2D eigenvalue weighted by Gasteiger charge is 2.07. The largest absolute Gasteiger partial charge is 0.285 e. The first-order chi connectivity index (χ1) is 9.75. The SMILES string of the molecule is O=[SH](=O)Nc1ccccc1-c1cccc2ccccc12. The molecule has 0 aliphatic heterocycles. The molecule has 0 saturated heterocycles. The molecule has 3 nitrogen and oxygen atoms in total. The van der Waals surface area contributed by atoms with E-state index in [9.17, 15) is 8.42 Å². The van der Waals surface area contributed by atoms with Crippen LogP contribution in [-0.2, 0) is 10.9 Å². The van der Waals surface area contributed by atoms with Gasteiger partial charge in [-0.05, 0) is 22.4 Å². The minimum atomic E-state index is -2.68. The highest BCUT2D eigenvalue weighted by molar-refractivity contribution is 7.73. The Morgan fingerprint density at radius 3 is 2.20 bits per heavy atom. The molecule has 0 saturated carbocycles. The molecule has 20 heavy (non-hydrogen) atoms. The van der Waals surface area contributed by atoms with E-state index in [1.54, 1.807) is 6.07 Å². The van der Waals surface area contributed by atoms with Crippen molar-refractivity contribution in [3.8, 4) is 11.1 Å². The smallest absolute Gasteiger partial charge is 0.222 e. The van der Waals surface area contributed by atoms with Gasteiger partial charge in [0.25, 0.3) is 0 Å². The monoisotopic (exact) mass is 283 g/mol. The topological polar surface area (TPSA) is 46.2 Å². The van der Waals surface area contributed by atoms with Crippen molar-refractivity contribution in [3.63, 3.8) is 0 Å². The van der Waals surface area contributed by atoms with Crippen LogP contribution in [0, 0.1) is 0 Å². The van der Waals surface area contributed by atoms with E-state index < -0.39 is 10.9 Å². The number of rotatable bonds is 3. The second-order valence-corrected chi connectivity index (χ2v) is 5.18. The second-order valence-electron chi connectivity index (χ2n) is 4.44. The summed E-state index contributed by atoms with van der Waals surface area (Å²) in [7, 11) is -2.68. The summed E-state index contributed by atoms with van der Waals surface area (Å²) in [6.07, 6.45) is 0. The summed E-state index contributed by atoms with van der Waals surface area (Å²) in [6.45, 7) is 0. The van der Waals surface area contributed by atoms with Crippen molar-refractivity contribution in [3.05, 3.63) is 66.7 Å². The van der Waals surface area contributed by atoms with Crippen LogP contribution < -0.4 is 4.72 Å². The molecule has 0 radical (unpaired) electrons. The predicted octanol–water partition coefficient (Wildman–Crippen LogP) is 3.45. The number of anilines is 1. The third kappa shape index (κ3) is 2.38. The van der Waals surface area contributed by atoms with Crippen LogP contribution in [0.1, 0.15) is 0 Å². The zero-order valence-corrected chi connectivity index (χ0v) is 11.5. The Kier molecular flexibility index (Phi) is 3.39. The van der Waals surface area contributed by atoms with Gasteiger partial charge < -0.3 is 0 Å². The number of hydrogen-bond acceptors (Lipinski definition) is 2. The molecule has 3 aromatic rings. The van der Waals surface area contributed by atoms with Crippen molar-refractivity contribution < 1.29 is 8.42 Å². The summed E-state index contributed by atoms with van der Waals surface area (Å²) in [5.74, 6) is 0. The van der Waals surface area contributed by atoms with Gasteiger partial charge in [-0.2, -0.15) is 0 Å². The molecule has 0 amide bonds. The standard InChI is InChI=1S/C16H13NO2S/c18-20(19)17-16-11-4-3-9-15(16)14-10-5-7-12-6-1-2-8-13(12)14/h1-11,20H,(H,17,18,19). The zero-order chi connectivity index (χ0) is 13.9. The molecule has 1 N–H and O–H groups in total. The van der Waals surface area contributed by atoms with E-state index in [1.807, 2.05) is 60.7 Å². The maximum atomic E-state index is 10.9. The van der Waals surface area contributed by atoms with Gasteiger partial charge in [0.05, 0.1) is 5.69 Å². The van der Waals surface area contributed by atoms with Crippen molar-refractivity contribution in [2.45, 2.75) is 0 Å². The molecule has 3 rings (SSSR count). The number of thiol groups is 1. The Bertz CT molecular complexity index is 827. The quantitative estimate of drug-likeness (QED) is 0.723. The Labute approximate surface area is 119 Å². The number of nitrogens with one attached hydrogen (secondary N) is 1. The summed E-state index contributed by atoms with van der Waals surface area (Å²) < 4.78 is 24.4. The lowest BCUT2D eigenvalue weighted by Gasteiger charge is -2.11. The van der Waals surface area contributed by atoms with Crippen LogP contribution >= 0.6 is 0 Å². The molecule has 0 bridgehead atoms. The lowest BCUT2D eigenvalue weighted by Crippen LogP contribution is -1.97. The average Bonchev–Trinajstić information content (AvgIpc) is 2.47. The number of hydrogen-bond donors (Lipinski definition) is 2. The lowest BCUT2D eigenvalue weighted by molar-refractivity contribution is 0.619. The van der Waals surface area contributed by atoms with E-state index in [2.05, 4.69) is 4.72 Å². The molecule has 3 aromatic carbocycles. The van der Waals surface area contributed by atoms with Crippen LogP contribution in [0.15, 0.2) is 66.7 Å². The predicted molar refractivity (Wildman–Crippen MR) is 83.3 cm³/mol. The molecule has 0 aromatic heterocycles. The van der Waals surface area contributed by atoms with Crippen LogP contribution in [0.5, 0.6) is 0 Å². The van der Waals surface area contributed by atoms with Gasteiger partial charge in [0.15, 0.2) is 0 Å². The molecule has 4 heteroatoms. The first-order valence-electron chi connectivity index (χ1n) is 6.24. The minimum absolute atomic E-state index is 0.597. The maximum Gasteiger partial charge on any atom is 0.222 e. The first kappa shape index (κ1) is 12.7. The van der Waals surface area contributed by atoms with Gasteiger partial charge >= 0.3 is 0 Å². The molecular weight excluding hydrogens is 270 g/mol. The third-order valence-electron chi connectivity index (χ3n) is 3.22. The summed E-state index contributed by atoms with van der Waals surface area (Å²) in [4.78, 5) is 0. The summed E-state index contributed by atoms with van der Waals surface area (Å²) >= 11 is 0. The van der Waals surface area contributed by atoms with Crippen molar-refractivity contribution in [1.82, 2.24) is 0 Å². The minimum Gasteiger partial charge on any atom is -0.285 e. The fourth-order valence-corrected chi connectivity index (χ4v) is 2.77. The van der Waals surface area contributed by atoms with Gasteiger partial charge in [0.2, 0.25) is 10.9 Å². The summed E-state index contributed by atoms with van der Waals surface area (Å²) in [5, 5.41) is 2.23. The Morgan fingerprint density at radius 1 is 0.700 bits per heavy atom. The molecule has 100 valence electrons. The maximum absolute atomic E-state index is 10.9. The fraction of sp³-hybridized carbons (Fsp3) is 0. The molecule has 0 fully saturated rings. The lowest BCUT2D eigenvalue weighted by atomic mass is 9.97. The number of fused-ring (bicyclic) bond motifs is 1. The van der Waals surface area contributed by atoms with Gasteiger partial charge in [-0.25, -0.2) is 8.42 Å². The van der Waals surface area contributed by atoms with E-state index in [1.165, 1.54) is 0 Å². The van der Waals surface area contributed by atoms with E-state index in [0.29, 0.717) is 5.69 Å². The highest BCUT2D eigenvalue weighted by atomic mass is 32.2.